The molecule has 0 saturated carbocycles. The summed E-state index contributed by atoms with van der Waals surface area (Å²) in [5.41, 5.74) is 1.21. The quantitative estimate of drug-likeness (QED) is 0.878. The molecule has 1 atom stereocenters. The molecule has 0 amide bonds. The van der Waals surface area contributed by atoms with Gasteiger partial charge >= 0.3 is 0 Å². The second kappa shape index (κ2) is 5.23. The van der Waals surface area contributed by atoms with Crippen LogP contribution in [-0.2, 0) is 0 Å². The van der Waals surface area contributed by atoms with E-state index in [9.17, 15) is 5.11 Å². The number of aromatic nitrogens is 2. The van der Waals surface area contributed by atoms with Crippen molar-refractivity contribution in [1.29, 1.82) is 0 Å². The smallest absolute Gasteiger partial charge is 0.0917 e. The average Bonchev–Trinajstić information content (AvgIpc) is 2.61. The van der Waals surface area contributed by atoms with Crippen LogP contribution >= 0.6 is 11.5 Å². The van der Waals surface area contributed by atoms with Crippen LogP contribution in [0.25, 0.3) is 0 Å². The fourth-order valence-corrected chi connectivity index (χ4v) is 2.36. The van der Waals surface area contributed by atoms with Crippen LogP contribution in [0.2, 0.25) is 0 Å². The number of nitrogens with zero attached hydrogens (tertiary/aromatic N) is 2. The third-order valence-corrected chi connectivity index (χ3v) is 3.40. The summed E-state index contributed by atoms with van der Waals surface area (Å²) in [6.45, 7) is 10.7. The molecule has 92 valence electrons. The maximum Gasteiger partial charge on any atom is 0.0917 e. The summed E-state index contributed by atoms with van der Waals surface area (Å²) < 4.78 is 3.94. The second-order valence-electron chi connectivity index (χ2n) is 5.79. The van der Waals surface area contributed by atoms with Crippen molar-refractivity contribution in [3.05, 3.63) is 10.6 Å². The summed E-state index contributed by atoms with van der Waals surface area (Å²) >= 11 is 1.33. The van der Waals surface area contributed by atoms with E-state index in [1.54, 1.807) is 0 Å². The van der Waals surface area contributed by atoms with Gasteiger partial charge in [-0.1, -0.05) is 39.1 Å². The molecule has 0 saturated heterocycles. The molecule has 0 aliphatic rings. The molecule has 0 fully saturated rings. The van der Waals surface area contributed by atoms with Gasteiger partial charge in [0.05, 0.1) is 16.7 Å². The molecule has 0 aromatic carbocycles. The Morgan fingerprint density at radius 1 is 1.31 bits per heavy atom. The van der Waals surface area contributed by atoms with Crippen molar-refractivity contribution >= 4 is 11.5 Å². The van der Waals surface area contributed by atoms with E-state index in [0.29, 0.717) is 5.92 Å². The van der Waals surface area contributed by atoms with Crippen LogP contribution in [0.5, 0.6) is 0 Å². The first kappa shape index (κ1) is 13.6. The highest BCUT2D eigenvalue weighted by atomic mass is 32.1. The molecule has 4 heteroatoms. The molecular formula is C12H22N2OS. The molecule has 0 spiro atoms. The lowest BCUT2D eigenvalue weighted by molar-refractivity contribution is 0.149. The van der Waals surface area contributed by atoms with Crippen molar-refractivity contribution < 1.29 is 5.11 Å². The minimum absolute atomic E-state index is 0.261. The topological polar surface area (TPSA) is 46.0 Å². The molecule has 0 aliphatic carbocycles. The Balaban J connectivity index is 2.66. The summed E-state index contributed by atoms with van der Waals surface area (Å²) in [4.78, 5) is 0.944. The Labute approximate surface area is 102 Å². The number of aliphatic hydroxyl groups excluding tert-OH is 1. The lowest BCUT2D eigenvalue weighted by Crippen LogP contribution is -2.09. The first-order valence-electron chi connectivity index (χ1n) is 5.81. The van der Waals surface area contributed by atoms with E-state index in [2.05, 4.69) is 44.2 Å². The van der Waals surface area contributed by atoms with E-state index in [0.717, 1.165) is 23.4 Å². The van der Waals surface area contributed by atoms with Crippen LogP contribution in [0.15, 0.2) is 0 Å². The highest BCUT2D eigenvalue weighted by Crippen LogP contribution is 2.32. The Hall–Kier alpha value is -0.480. The van der Waals surface area contributed by atoms with E-state index >= 15 is 0 Å². The summed E-state index contributed by atoms with van der Waals surface area (Å²) in [6.07, 6.45) is 1.38. The molecule has 1 aromatic heterocycles. The number of hydrogen-bond donors (Lipinski definition) is 1. The molecule has 3 nitrogen and oxygen atoms in total. The first-order chi connectivity index (χ1) is 7.31. The summed E-state index contributed by atoms with van der Waals surface area (Å²) in [5.74, 6) is 0.332. The van der Waals surface area contributed by atoms with Gasteiger partial charge in [0, 0.05) is 0 Å². The number of rotatable bonds is 4. The van der Waals surface area contributed by atoms with Gasteiger partial charge in [0.2, 0.25) is 0 Å². The van der Waals surface area contributed by atoms with Crippen LogP contribution < -0.4 is 0 Å². The number of hydrogen-bond acceptors (Lipinski definition) is 4. The average molecular weight is 242 g/mol. The Bertz CT molecular complexity index is 328. The molecular weight excluding hydrogens is 220 g/mol. The Kier molecular flexibility index (Phi) is 4.44. The fraction of sp³-hybridized carbons (Fsp3) is 0.833. The minimum atomic E-state index is -0.406. The van der Waals surface area contributed by atoms with E-state index in [-0.39, 0.29) is 5.41 Å². The van der Waals surface area contributed by atoms with Crippen LogP contribution in [0.4, 0.5) is 0 Å². The molecule has 0 aliphatic heterocycles. The normalized spacial score (nSPS) is 14.4. The van der Waals surface area contributed by atoms with Crippen LogP contribution in [-0.4, -0.2) is 14.7 Å². The zero-order valence-electron chi connectivity index (χ0n) is 10.8. The molecule has 1 unspecified atom stereocenters. The second-order valence-corrected chi connectivity index (χ2v) is 6.58. The van der Waals surface area contributed by atoms with Gasteiger partial charge in [0.25, 0.3) is 0 Å². The molecule has 1 rings (SSSR count). The third kappa shape index (κ3) is 3.83. The zero-order valence-corrected chi connectivity index (χ0v) is 11.6. The third-order valence-electron chi connectivity index (χ3n) is 2.56. The van der Waals surface area contributed by atoms with Crippen molar-refractivity contribution in [2.24, 2.45) is 5.41 Å². The van der Waals surface area contributed by atoms with Crippen LogP contribution in [0, 0.1) is 5.41 Å². The fourth-order valence-electron chi connectivity index (χ4n) is 1.54. The van der Waals surface area contributed by atoms with Gasteiger partial charge in [-0.2, -0.15) is 0 Å². The van der Waals surface area contributed by atoms with Gasteiger partial charge in [0.15, 0.2) is 0 Å². The molecule has 1 N–H and O–H groups in total. The minimum Gasteiger partial charge on any atom is -0.387 e. The first-order valence-corrected chi connectivity index (χ1v) is 6.59. The predicted octanol–water partition coefficient (Wildman–Crippen LogP) is 3.52. The van der Waals surface area contributed by atoms with Crippen molar-refractivity contribution in [3.63, 3.8) is 0 Å². The number of aliphatic hydroxyl groups is 1. The summed E-state index contributed by atoms with van der Waals surface area (Å²) in [7, 11) is 0. The summed E-state index contributed by atoms with van der Waals surface area (Å²) in [5, 5.41) is 14.2. The van der Waals surface area contributed by atoms with Gasteiger partial charge in [0.1, 0.15) is 0 Å². The maximum atomic E-state index is 10.1. The van der Waals surface area contributed by atoms with Gasteiger partial charge in [-0.3, -0.25) is 0 Å². The lowest BCUT2D eigenvalue weighted by atomic mass is 9.88. The molecule has 1 heterocycles. The van der Waals surface area contributed by atoms with Crippen LogP contribution in [0.1, 0.15) is 70.1 Å². The maximum absolute atomic E-state index is 10.1. The predicted molar refractivity (Wildman–Crippen MR) is 67.6 cm³/mol. The van der Waals surface area contributed by atoms with Crippen molar-refractivity contribution in [3.8, 4) is 0 Å². The van der Waals surface area contributed by atoms with Gasteiger partial charge in [-0.15, -0.1) is 5.10 Å². The molecule has 0 bridgehead atoms. The Morgan fingerprint density at radius 2 is 1.94 bits per heavy atom. The molecule has 16 heavy (non-hydrogen) atoms. The van der Waals surface area contributed by atoms with E-state index < -0.39 is 6.10 Å². The van der Waals surface area contributed by atoms with Gasteiger partial charge < -0.3 is 5.11 Å². The highest BCUT2D eigenvalue weighted by molar-refractivity contribution is 7.05. The standard InChI is InChI=1S/C12H22N2OS/c1-8(2)10-11(16-14-13-10)9(15)6-7-12(3,4)5/h8-9,15H,6-7H2,1-5H3. The van der Waals surface area contributed by atoms with Gasteiger partial charge in [-0.25, -0.2) is 0 Å². The van der Waals surface area contributed by atoms with E-state index in [1.807, 2.05) is 0 Å². The van der Waals surface area contributed by atoms with E-state index in [1.165, 1.54) is 11.5 Å². The highest BCUT2D eigenvalue weighted by Gasteiger charge is 2.21. The van der Waals surface area contributed by atoms with Crippen molar-refractivity contribution in [2.75, 3.05) is 0 Å². The lowest BCUT2D eigenvalue weighted by Gasteiger charge is -2.20. The largest absolute Gasteiger partial charge is 0.387 e. The summed E-state index contributed by atoms with van der Waals surface area (Å²) in [6, 6.07) is 0. The molecule has 0 radical (unpaired) electrons. The Morgan fingerprint density at radius 3 is 2.44 bits per heavy atom. The van der Waals surface area contributed by atoms with Crippen molar-refractivity contribution in [2.45, 2.75) is 59.5 Å². The zero-order chi connectivity index (χ0) is 12.3. The van der Waals surface area contributed by atoms with Gasteiger partial charge in [-0.05, 0) is 35.7 Å². The van der Waals surface area contributed by atoms with Crippen LogP contribution in [0.3, 0.4) is 0 Å². The monoisotopic (exact) mass is 242 g/mol. The van der Waals surface area contributed by atoms with E-state index in [4.69, 9.17) is 0 Å². The van der Waals surface area contributed by atoms with Crippen molar-refractivity contribution in [1.82, 2.24) is 9.59 Å². The SMILES string of the molecule is CC(C)c1nnsc1C(O)CCC(C)(C)C. The molecule has 1 aromatic rings.